The van der Waals surface area contributed by atoms with Crippen LogP contribution in [0.15, 0.2) is 18.2 Å². The fraction of sp³-hybridized carbons (Fsp3) is 0.364. The first-order valence-corrected chi connectivity index (χ1v) is 7.10. The van der Waals surface area contributed by atoms with Crippen LogP contribution in [0.3, 0.4) is 0 Å². The molecule has 112 valence electrons. The van der Waals surface area contributed by atoms with Gasteiger partial charge in [-0.3, -0.25) is 4.72 Å². The molecule has 1 aromatic carbocycles. The summed E-state index contributed by atoms with van der Waals surface area (Å²) in [5.74, 6) is -0.237. The highest BCUT2D eigenvalue weighted by molar-refractivity contribution is 7.91. The quantitative estimate of drug-likeness (QED) is 0.704. The van der Waals surface area contributed by atoms with Crippen molar-refractivity contribution >= 4 is 22.0 Å². The Morgan fingerprint density at radius 1 is 1.35 bits per heavy atom. The molecule has 8 nitrogen and oxygen atoms in total. The summed E-state index contributed by atoms with van der Waals surface area (Å²) in [6, 6.07) is 4.20. The summed E-state index contributed by atoms with van der Waals surface area (Å²) in [6.07, 6.45) is -1.59. The smallest absolute Gasteiger partial charge is 0.422 e. The molecule has 0 aromatic heterocycles. The largest absolute Gasteiger partial charge is 0.506 e. The Kier molecular flexibility index (Phi) is 5.03. The molecule has 0 radical (unpaired) electrons. The van der Waals surface area contributed by atoms with Gasteiger partial charge in [0.25, 0.3) is 0 Å². The van der Waals surface area contributed by atoms with E-state index < -0.39 is 22.4 Å². The number of hydrogen-bond donors (Lipinski definition) is 3. The van der Waals surface area contributed by atoms with E-state index in [0.29, 0.717) is 0 Å². The van der Waals surface area contributed by atoms with Crippen LogP contribution >= 0.6 is 0 Å². The van der Waals surface area contributed by atoms with E-state index in [9.17, 15) is 18.3 Å². The molecule has 0 atom stereocenters. The standard InChI is InChI=1S/C11H16N2O6S/c1-7(2)19-11(15)13-20(16,17)12-10-8(14)5-4-6-9(10)18-3/h4-7,12,14H,1-3H3,(H,13,15). The van der Waals surface area contributed by atoms with Gasteiger partial charge in [0.2, 0.25) is 0 Å². The summed E-state index contributed by atoms with van der Waals surface area (Å²) < 4.78 is 36.6. The second-order valence-corrected chi connectivity index (χ2v) is 5.43. The minimum absolute atomic E-state index is 0.104. The fourth-order valence-corrected chi connectivity index (χ4v) is 2.09. The highest BCUT2D eigenvalue weighted by atomic mass is 32.2. The maximum Gasteiger partial charge on any atom is 0.422 e. The van der Waals surface area contributed by atoms with Gasteiger partial charge in [0.05, 0.1) is 13.2 Å². The first kappa shape index (κ1) is 15.9. The normalized spacial score (nSPS) is 11.0. The number of phenols is 1. The molecule has 9 heteroatoms. The van der Waals surface area contributed by atoms with Crippen molar-refractivity contribution < 1.29 is 27.8 Å². The highest BCUT2D eigenvalue weighted by Gasteiger charge is 2.20. The first-order chi connectivity index (χ1) is 9.25. The molecule has 0 saturated carbocycles. The fourth-order valence-electron chi connectivity index (χ4n) is 1.30. The second kappa shape index (κ2) is 6.33. The number of phenolic OH excluding ortho intramolecular Hbond substituents is 1. The third-order valence-electron chi connectivity index (χ3n) is 2.02. The topological polar surface area (TPSA) is 114 Å². The van der Waals surface area contributed by atoms with Crippen molar-refractivity contribution in [1.29, 1.82) is 0 Å². The molecular weight excluding hydrogens is 288 g/mol. The summed E-state index contributed by atoms with van der Waals surface area (Å²) in [7, 11) is -2.94. The minimum atomic E-state index is -4.25. The van der Waals surface area contributed by atoms with Gasteiger partial charge in [-0.05, 0) is 26.0 Å². The maximum absolute atomic E-state index is 11.7. The van der Waals surface area contributed by atoms with Gasteiger partial charge in [-0.2, -0.15) is 8.42 Å². The van der Waals surface area contributed by atoms with Gasteiger partial charge in [-0.15, -0.1) is 0 Å². The first-order valence-electron chi connectivity index (χ1n) is 5.62. The van der Waals surface area contributed by atoms with Gasteiger partial charge < -0.3 is 14.6 Å². The third-order valence-corrected chi connectivity index (χ3v) is 2.93. The molecule has 0 saturated heterocycles. The molecule has 0 aliphatic heterocycles. The number of rotatable bonds is 5. The molecule has 0 heterocycles. The third kappa shape index (κ3) is 4.50. The van der Waals surface area contributed by atoms with E-state index >= 15 is 0 Å². The Labute approximate surface area is 116 Å². The van der Waals surface area contributed by atoms with Crippen molar-refractivity contribution in [3.63, 3.8) is 0 Å². The number of benzene rings is 1. The van der Waals surface area contributed by atoms with Gasteiger partial charge in [-0.25, -0.2) is 9.52 Å². The molecule has 0 bridgehead atoms. The van der Waals surface area contributed by atoms with Crippen LogP contribution in [-0.2, 0) is 14.9 Å². The number of nitrogens with one attached hydrogen (secondary N) is 2. The van der Waals surface area contributed by atoms with Crippen molar-refractivity contribution in [2.45, 2.75) is 20.0 Å². The van der Waals surface area contributed by atoms with Crippen LogP contribution in [-0.4, -0.2) is 32.8 Å². The summed E-state index contributed by atoms with van der Waals surface area (Å²) in [5.41, 5.74) is -0.181. The maximum atomic E-state index is 11.7. The summed E-state index contributed by atoms with van der Waals surface area (Å²) in [6.45, 7) is 3.15. The van der Waals surface area contributed by atoms with Gasteiger partial charge in [-0.1, -0.05) is 6.07 Å². The number of carbonyl (C=O) groups is 1. The van der Waals surface area contributed by atoms with Crippen molar-refractivity contribution in [2.24, 2.45) is 0 Å². The van der Waals surface area contributed by atoms with Gasteiger partial charge in [0.15, 0.2) is 0 Å². The number of amides is 1. The zero-order valence-electron chi connectivity index (χ0n) is 11.2. The van der Waals surface area contributed by atoms with E-state index in [4.69, 9.17) is 4.74 Å². The van der Waals surface area contributed by atoms with Gasteiger partial charge >= 0.3 is 16.3 Å². The van der Waals surface area contributed by atoms with Crippen molar-refractivity contribution in [1.82, 2.24) is 4.72 Å². The zero-order valence-corrected chi connectivity index (χ0v) is 12.0. The van der Waals surface area contributed by atoms with Crippen LogP contribution in [0.5, 0.6) is 11.5 Å². The highest BCUT2D eigenvalue weighted by Crippen LogP contribution is 2.33. The van der Waals surface area contributed by atoms with Gasteiger partial charge in [0.1, 0.15) is 17.2 Å². The molecule has 1 rings (SSSR count). The average Bonchev–Trinajstić information content (AvgIpc) is 2.29. The lowest BCUT2D eigenvalue weighted by molar-refractivity contribution is 0.121. The Morgan fingerprint density at radius 3 is 2.55 bits per heavy atom. The number of carbonyl (C=O) groups excluding carboxylic acids is 1. The number of methoxy groups -OCH3 is 1. The molecule has 0 unspecified atom stereocenters. The molecule has 0 aliphatic carbocycles. The van der Waals surface area contributed by atoms with Crippen LogP contribution in [0.1, 0.15) is 13.8 Å². The number of para-hydroxylation sites is 1. The lowest BCUT2D eigenvalue weighted by atomic mass is 10.3. The van der Waals surface area contributed by atoms with Crippen LogP contribution in [0.4, 0.5) is 10.5 Å². The predicted octanol–water partition coefficient (Wildman–Crippen LogP) is 1.19. The summed E-state index contributed by atoms with van der Waals surface area (Å²) in [5, 5.41) is 9.61. The van der Waals surface area contributed by atoms with E-state index in [1.54, 1.807) is 18.6 Å². The molecular formula is C11H16N2O6S. The number of ether oxygens (including phenoxy) is 2. The van der Waals surface area contributed by atoms with E-state index in [2.05, 4.69) is 4.74 Å². The number of anilines is 1. The summed E-state index contributed by atoms with van der Waals surface area (Å²) in [4.78, 5) is 11.3. The molecule has 0 aliphatic rings. The molecule has 1 amide bonds. The van der Waals surface area contributed by atoms with Crippen LogP contribution in [0, 0.1) is 0 Å². The van der Waals surface area contributed by atoms with E-state index in [1.807, 2.05) is 4.72 Å². The summed E-state index contributed by atoms with van der Waals surface area (Å²) >= 11 is 0. The average molecular weight is 304 g/mol. The van der Waals surface area contributed by atoms with Crippen LogP contribution < -0.4 is 14.2 Å². The molecule has 1 aromatic rings. The lowest BCUT2D eigenvalue weighted by Gasteiger charge is -2.14. The van der Waals surface area contributed by atoms with Crippen molar-refractivity contribution in [3.8, 4) is 11.5 Å². The number of hydrogen-bond acceptors (Lipinski definition) is 6. The van der Waals surface area contributed by atoms with E-state index in [0.717, 1.165) is 0 Å². The SMILES string of the molecule is COc1cccc(O)c1NS(=O)(=O)NC(=O)OC(C)C. The van der Waals surface area contributed by atoms with Crippen molar-refractivity contribution in [3.05, 3.63) is 18.2 Å². The zero-order chi connectivity index (χ0) is 15.3. The minimum Gasteiger partial charge on any atom is -0.506 e. The monoisotopic (exact) mass is 304 g/mol. The van der Waals surface area contributed by atoms with Crippen LogP contribution in [0.2, 0.25) is 0 Å². The Hall–Kier alpha value is -2.16. The Morgan fingerprint density at radius 2 is 2.00 bits per heavy atom. The lowest BCUT2D eigenvalue weighted by Crippen LogP contribution is -2.36. The Balaban J connectivity index is 2.89. The van der Waals surface area contributed by atoms with Crippen molar-refractivity contribution in [2.75, 3.05) is 11.8 Å². The molecule has 20 heavy (non-hydrogen) atoms. The molecule has 3 N–H and O–H groups in total. The molecule has 0 spiro atoms. The second-order valence-electron chi connectivity index (χ2n) is 4.02. The van der Waals surface area contributed by atoms with Crippen LogP contribution in [0.25, 0.3) is 0 Å². The Bertz CT molecular complexity index is 585. The van der Waals surface area contributed by atoms with Gasteiger partial charge in [0, 0.05) is 0 Å². The van der Waals surface area contributed by atoms with E-state index in [1.165, 1.54) is 25.3 Å². The van der Waals surface area contributed by atoms with E-state index in [-0.39, 0.29) is 17.2 Å². The number of aromatic hydroxyl groups is 1. The predicted molar refractivity (Wildman–Crippen MR) is 72.0 cm³/mol. The molecule has 0 fully saturated rings.